The van der Waals surface area contributed by atoms with E-state index in [-0.39, 0.29) is 5.56 Å². The average molecular weight is 749 g/mol. The van der Waals surface area contributed by atoms with Crippen LogP contribution in [0.2, 0.25) is 0 Å². The highest BCUT2D eigenvalue weighted by molar-refractivity contribution is 6.39. The highest BCUT2D eigenvalue weighted by Gasteiger charge is 2.47. The highest BCUT2D eigenvalue weighted by atomic mass is 35.5. The molecule has 51 heavy (non-hydrogen) atoms. The molecule has 0 aliphatic rings. The Morgan fingerprint density at radius 3 is 1.96 bits per heavy atom. The van der Waals surface area contributed by atoms with E-state index in [0.29, 0.717) is 29.2 Å². The number of halogens is 8. The Balaban J connectivity index is 0. The topological polar surface area (TPSA) is 44.6 Å². The fourth-order valence-electron chi connectivity index (χ4n) is 4.59. The standard InChI is InChI=1S/C26H29ClF4N2O.C10H15F3.2C2H6/c1-6-20(27)16-32-24(4,5)25(17(2)3,15-18-10-8-7-9-11-18)33-23(34)19-12-13-22(28)21(14-19)26(29,30)31;1-4-8(2)9(3)6-5-7-10(11,12)13;2*1-2/h6-14,16,23,33-34H,2,15H2,1,3-5H3;5-6H,4,7H2,1-3H3;2*1-2H3/b20-6+,32-16?;6-5-,9-8+;;/t23?,25-;;;/m1.../s1. The lowest BCUT2D eigenvalue weighted by atomic mass is 9.70. The van der Waals surface area contributed by atoms with Crippen LogP contribution in [0.4, 0.5) is 30.7 Å². The SMILES string of the molecule is C=C(C)[C@@](Cc1ccccc1)(NC(O)c1ccc(F)c(C(F)(F)F)c1)C(C)(C)N=C/C(Cl)=C\C.CC.CC.CC/C(C)=C(C)/C=C\CC(F)(F)F. The number of rotatable bonds is 12. The first-order chi connectivity index (χ1) is 23.6. The number of benzene rings is 2. The molecule has 2 aromatic carbocycles. The minimum absolute atomic E-state index is 0.140. The van der Waals surface area contributed by atoms with Crippen LogP contribution >= 0.6 is 11.6 Å². The third-order valence-corrected chi connectivity index (χ3v) is 8.10. The molecule has 2 rings (SSSR count). The van der Waals surface area contributed by atoms with Crippen molar-refractivity contribution in [3.05, 3.63) is 118 Å². The van der Waals surface area contributed by atoms with E-state index < -0.39 is 47.5 Å². The molecule has 0 bridgehead atoms. The number of hydrogen-bond donors (Lipinski definition) is 2. The molecular formula is C40H56ClF7N2O. The summed E-state index contributed by atoms with van der Waals surface area (Å²) in [5, 5.41) is 14.5. The zero-order valence-electron chi connectivity index (χ0n) is 31.8. The Hall–Kier alpha value is -3.21. The molecule has 288 valence electrons. The van der Waals surface area contributed by atoms with Crippen LogP contribution in [0, 0.1) is 5.82 Å². The lowest BCUT2D eigenvalue weighted by molar-refractivity contribution is -0.140. The van der Waals surface area contributed by atoms with Crippen LogP contribution in [-0.2, 0) is 12.6 Å². The maximum Gasteiger partial charge on any atom is 0.419 e. The number of hydrogen-bond acceptors (Lipinski definition) is 3. The van der Waals surface area contributed by atoms with Crippen LogP contribution in [0.15, 0.2) is 100 Å². The van der Waals surface area contributed by atoms with Crippen molar-refractivity contribution in [3.63, 3.8) is 0 Å². The largest absolute Gasteiger partial charge is 0.419 e. The van der Waals surface area contributed by atoms with E-state index in [9.17, 15) is 35.8 Å². The molecule has 0 saturated carbocycles. The van der Waals surface area contributed by atoms with E-state index in [1.807, 2.05) is 92.6 Å². The van der Waals surface area contributed by atoms with Crippen LogP contribution in [0.5, 0.6) is 0 Å². The number of nitrogens with one attached hydrogen (secondary N) is 1. The fraction of sp³-hybridized carbons (Fsp3) is 0.475. The van der Waals surface area contributed by atoms with E-state index in [1.165, 1.54) is 12.3 Å². The van der Waals surface area contributed by atoms with Crippen LogP contribution in [-0.4, -0.2) is 28.6 Å². The summed E-state index contributed by atoms with van der Waals surface area (Å²) in [6, 6.07) is 11.8. The molecule has 0 radical (unpaired) electrons. The van der Waals surface area contributed by atoms with Gasteiger partial charge in [-0.2, -0.15) is 26.3 Å². The average Bonchev–Trinajstić information content (AvgIpc) is 3.07. The lowest BCUT2D eigenvalue weighted by Crippen LogP contribution is -2.62. The van der Waals surface area contributed by atoms with Crippen molar-refractivity contribution in [1.29, 1.82) is 0 Å². The first-order valence-electron chi connectivity index (χ1n) is 16.9. The van der Waals surface area contributed by atoms with Crippen LogP contribution in [0.25, 0.3) is 0 Å². The number of nitrogens with zero attached hydrogens (tertiary/aromatic N) is 1. The van der Waals surface area contributed by atoms with Gasteiger partial charge in [-0.15, -0.1) is 0 Å². The monoisotopic (exact) mass is 748 g/mol. The van der Waals surface area contributed by atoms with Gasteiger partial charge in [-0.1, -0.05) is 124 Å². The Morgan fingerprint density at radius 1 is 0.961 bits per heavy atom. The van der Waals surface area contributed by atoms with Crippen molar-refractivity contribution in [3.8, 4) is 0 Å². The number of aliphatic hydroxyl groups is 1. The second kappa shape index (κ2) is 23.4. The molecule has 3 nitrogen and oxygen atoms in total. The van der Waals surface area contributed by atoms with Gasteiger partial charge in [-0.25, -0.2) is 4.39 Å². The van der Waals surface area contributed by atoms with Crippen LogP contribution < -0.4 is 5.32 Å². The van der Waals surface area contributed by atoms with Gasteiger partial charge in [0.2, 0.25) is 0 Å². The molecule has 0 fully saturated rings. The summed E-state index contributed by atoms with van der Waals surface area (Å²) in [6.45, 7) is 25.0. The van der Waals surface area contributed by atoms with Gasteiger partial charge >= 0.3 is 12.4 Å². The Morgan fingerprint density at radius 2 is 1.51 bits per heavy atom. The minimum Gasteiger partial charge on any atom is -0.374 e. The molecule has 0 amide bonds. The van der Waals surface area contributed by atoms with Gasteiger partial charge in [-0.3, -0.25) is 10.3 Å². The third kappa shape index (κ3) is 17.2. The smallest absolute Gasteiger partial charge is 0.374 e. The summed E-state index contributed by atoms with van der Waals surface area (Å²) in [7, 11) is 0. The molecule has 0 spiro atoms. The summed E-state index contributed by atoms with van der Waals surface area (Å²) < 4.78 is 88.7. The summed E-state index contributed by atoms with van der Waals surface area (Å²) in [4.78, 5) is 4.63. The van der Waals surface area contributed by atoms with Gasteiger partial charge in [0.15, 0.2) is 0 Å². The van der Waals surface area contributed by atoms with E-state index in [4.69, 9.17) is 11.6 Å². The van der Waals surface area contributed by atoms with Crippen molar-refractivity contribution in [2.24, 2.45) is 4.99 Å². The van der Waals surface area contributed by atoms with Gasteiger partial charge in [0.05, 0.1) is 28.1 Å². The van der Waals surface area contributed by atoms with Gasteiger partial charge in [0.1, 0.15) is 12.0 Å². The molecule has 11 heteroatoms. The van der Waals surface area contributed by atoms with Gasteiger partial charge in [0.25, 0.3) is 0 Å². The van der Waals surface area contributed by atoms with Gasteiger partial charge in [-0.05, 0) is 77.6 Å². The van der Waals surface area contributed by atoms with E-state index in [2.05, 4.69) is 16.9 Å². The van der Waals surface area contributed by atoms with Crippen molar-refractivity contribution >= 4 is 17.8 Å². The third-order valence-electron chi connectivity index (χ3n) is 7.79. The number of aliphatic hydroxyl groups excluding tert-OH is 1. The molecule has 2 N–H and O–H groups in total. The van der Waals surface area contributed by atoms with E-state index in [0.717, 1.165) is 35.3 Å². The molecule has 0 aliphatic carbocycles. The predicted octanol–water partition coefficient (Wildman–Crippen LogP) is 13.3. The molecule has 1 unspecified atom stereocenters. The zero-order valence-corrected chi connectivity index (χ0v) is 32.5. The zero-order chi connectivity index (χ0) is 40.2. The second-order valence-electron chi connectivity index (χ2n) is 11.7. The van der Waals surface area contributed by atoms with Crippen molar-refractivity contribution in [2.75, 3.05) is 0 Å². The quantitative estimate of drug-likeness (QED) is 0.0746. The molecule has 0 heterocycles. The minimum atomic E-state index is -4.90. The van der Waals surface area contributed by atoms with Gasteiger partial charge < -0.3 is 5.11 Å². The molecule has 0 aromatic heterocycles. The fourth-order valence-corrected chi connectivity index (χ4v) is 4.64. The number of aliphatic imine (C=N–C) groups is 1. The molecule has 2 atom stereocenters. The summed E-state index contributed by atoms with van der Waals surface area (Å²) in [6.07, 6.45) is -4.37. The van der Waals surface area contributed by atoms with Crippen LogP contribution in [0.1, 0.15) is 112 Å². The van der Waals surface area contributed by atoms with E-state index >= 15 is 0 Å². The molecular weight excluding hydrogens is 693 g/mol. The second-order valence-corrected chi connectivity index (χ2v) is 12.1. The van der Waals surface area contributed by atoms with Crippen molar-refractivity contribution in [2.45, 2.75) is 125 Å². The molecule has 0 saturated heterocycles. The van der Waals surface area contributed by atoms with Crippen molar-refractivity contribution in [1.82, 2.24) is 5.32 Å². The Kier molecular flexibility index (Phi) is 22.9. The number of alkyl halides is 6. The van der Waals surface area contributed by atoms with E-state index in [1.54, 1.807) is 19.9 Å². The first kappa shape index (κ1) is 49.9. The maximum atomic E-state index is 13.8. The van der Waals surface area contributed by atoms with Crippen molar-refractivity contribution < 1.29 is 35.8 Å². The summed E-state index contributed by atoms with van der Waals surface area (Å²) >= 11 is 6.12. The highest BCUT2D eigenvalue weighted by Crippen LogP contribution is 2.39. The maximum absolute atomic E-state index is 13.8. The number of allylic oxidation sites excluding steroid dienone is 6. The van der Waals surface area contributed by atoms with Crippen LogP contribution in [0.3, 0.4) is 0 Å². The van der Waals surface area contributed by atoms with Gasteiger partial charge in [0, 0.05) is 6.21 Å². The predicted molar refractivity (Wildman–Crippen MR) is 201 cm³/mol. The molecule has 0 aliphatic heterocycles. The Labute approximate surface area is 306 Å². The Bertz CT molecular complexity index is 1440. The lowest BCUT2D eigenvalue weighted by Gasteiger charge is -2.47. The first-order valence-corrected chi connectivity index (χ1v) is 17.3. The molecule has 2 aromatic rings. The normalized spacial score (nSPS) is 14.6. The summed E-state index contributed by atoms with van der Waals surface area (Å²) in [5.74, 6) is -1.41. The summed E-state index contributed by atoms with van der Waals surface area (Å²) in [5.41, 5.74) is -0.156.